The van der Waals surface area contributed by atoms with Crippen molar-refractivity contribution in [2.24, 2.45) is 29.6 Å². The van der Waals surface area contributed by atoms with Gasteiger partial charge in [-0.1, -0.05) is 64.2 Å². The van der Waals surface area contributed by atoms with Gasteiger partial charge in [0.25, 0.3) is 11.7 Å². The van der Waals surface area contributed by atoms with Gasteiger partial charge in [-0.2, -0.15) is 0 Å². The fourth-order valence-electron chi connectivity index (χ4n) is 10.0. The second kappa shape index (κ2) is 25.0. The molecule has 0 aromatic rings. The van der Waals surface area contributed by atoms with Crippen LogP contribution in [-0.4, -0.2) is 127 Å². The second-order valence-corrected chi connectivity index (χ2v) is 19.4. The summed E-state index contributed by atoms with van der Waals surface area (Å²) in [7, 11) is 4.61. The van der Waals surface area contributed by atoms with E-state index in [1.54, 1.807) is 41.1 Å². The number of allylic oxidation sites excluding steroid dienone is 6. The molecule has 2 N–H and O–H groups in total. The number of ether oxygens (including phenoxy) is 5. The first-order valence-electron chi connectivity index (χ1n) is 23.8. The molecule has 0 radical (unpaired) electrons. The average molecular weight is 898 g/mol. The standard InChI is InChI=1S/C51H79NO12/c1-31-16-12-11-13-17-32(2)43(60-8)30-39-22-19-36(6)51(7,64-39)48(57)49(58)52-25-15-14-18-40(52)50(59)63-38(23-20-37-21-24-41(53)44(28-37)61-9)29-42(54)33(3)27-35(5)46(56)47(62-10)45(55)34(4)26-31/h11-13,16-17,27,31,33-34,36-41,43-44,46-47,53,56H,14-15,18-26,28-30H2,1-10H3/b13-11+,16-12+,32-17+,35-27+/t31-,33-,34-,36-,37-,38-,39+,40+,41-,43+,44-,46-,47+,51-/m1/s1. The molecule has 0 aromatic heterocycles. The van der Waals surface area contributed by atoms with E-state index in [-0.39, 0.29) is 60.6 Å². The molecule has 3 heterocycles. The van der Waals surface area contributed by atoms with Gasteiger partial charge in [0.2, 0.25) is 0 Å². The van der Waals surface area contributed by atoms with E-state index in [4.69, 9.17) is 23.7 Å². The van der Waals surface area contributed by atoms with Gasteiger partial charge in [0.1, 0.15) is 35.7 Å². The maximum Gasteiger partial charge on any atom is 0.329 e. The van der Waals surface area contributed by atoms with Crippen LogP contribution in [0.1, 0.15) is 132 Å². The van der Waals surface area contributed by atoms with Crippen molar-refractivity contribution in [1.29, 1.82) is 0 Å². The van der Waals surface area contributed by atoms with Crippen molar-refractivity contribution in [3.63, 3.8) is 0 Å². The number of amides is 1. The quantitative estimate of drug-likeness (QED) is 0.159. The van der Waals surface area contributed by atoms with Crippen LogP contribution in [-0.2, 0) is 47.7 Å². The Labute approximate surface area is 382 Å². The van der Waals surface area contributed by atoms with Gasteiger partial charge in [-0.25, -0.2) is 4.79 Å². The Hall–Kier alpha value is -3.33. The first kappa shape index (κ1) is 53.3. The summed E-state index contributed by atoms with van der Waals surface area (Å²) in [5.74, 6) is -3.77. The van der Waals surface area contributed by atoms with Gasteiger partial charge in [0.15, 0.2) is 5.78 Å². The van der Waals surface area contributed by atoms with E-state index in [0.717, 1.165) is 12.0 Å². The number of nitrogens with zero attached hydrogens (tertiary/aromatic N) is 1. The predicted octanol–water partition coefficient (Wildman–Crippen LogP) is 7.00. The number of Topliss-reactive ketones (excluding diaryl/α,β-unsaturated/α-hetero) is 3. The summed E-state index contributed by atoms with van der Waals surface area (Å²) >= 11 is 0. The summed E-state index contributed by atoms with van der Waals surface area (Å²) in [6.07, 6.45) is 13.4. The molecule has 1 aliphatic carbocycles. The lowest BCUT2D eigenvalue weighted by molar-refractivity contribution is -0.184. The zero-order valence-electron chi connectivity index (χ0n) is 40.3. The molecular weight excluding hydrogens is 819 g/mol. The average Bonchev–Trinajstić information content (AvgIpc) is 3.27. The van der Waals surface area contributed by atoms with Crippen LogP contribution in [0.2, 0.25) is 0 Å². The van der Waals surface area contributed by atoms with Gasteiger partial charge >= 0.3 is 5.97 Å². The molecule has 1 amide bonds. The zero-order chi connectivity index (χ0) is 47.3. The number of piperidine rings is 1. The summed E-state index contributed by atoms with van der Waals surface area (Å²) in [6.45, 7) is 13.0. The van der Waals surface area contributed by atoms with E-state index in [2.05, 4.69) is 0 Å². The van der Waals surface area contributed by atoms with E-state index < -0.39 is 65.6 Å². The van der Waals surface area contributed by atoms with E-state index in [1.165, 1.54) is 12.0 Å². The third-order valence-corrected chi connectivity index (χ3v) is 14.5. The van der Waals surface area contributed by atoms with Crippen LogP contribution in [0.15, 0.2) is 47.6 Å². The smallest absolute Gasteiger partial charge is 0.329 e. The number of methoxy groups -OCH3 is 3. The molecule has 2 saturated heterocycles. The summed E-state index contributed by atoms with van der Waals surface area (Å²) in [6, 6.07) is -1.02. The molecule has 13 heteroatoms. The lowest BCUT2D eigenvalue weighted by Gasteiger charge is -2.44. The molecule has 1 saturated carbocycles. The highest BCUT2D eigenvalue weighted by molar-refractivity contribution is 6.39. The topological polar surface area (TPSA) is 175 Å². The molecular formula is C51H79NO12. The monoisotopic (exact) mass is 898 g/mol. The van der Waals surface area contributed by atoms with Crippen molar-refractivity contribution >= 4 is 29.2 Å². The Morgan fingerprint density at radius 3 is 2.23 bits per heavy atom. The van der Waals surface area contributed by atoms with Crippen molar-refractivity contribution in [1.82, 2.24) is 4.90 Å². The van der Waals surface area contributed by atoms with Gasteiger partial charge in [0.05, 0.1) is 24.4 Å². The minimum atomic E-state index is -1.42. The highest BCUT2D eigenvalue weighted by atomic mass is 16.5. The number of ketones is 3. The van der Waals surface area contributed by atoms with Crippen molar-refractivity contribution in [2.45, 2.75) is 186 Å². The van der Waals surface area contributed by atoms with Crippen LogP contribution < -0.4 is 0 Å². The van der Waals surface area contributed by atoms with Gasteiger partial charge in [0, 0.05) is 52.6 Å². The molecule has 64 heavy (non-hydrogen) atoms. The van der Waals surface area contributed by atoms with Crippen molar-refractivity contribution in [3.05, 3.63) is 47.6 Å². The highest BCUT2D eigenvalue weighted by Crippen LogP contribution is 2.38. The number of hydrogen-bond acceptors (Lipinski definition) is 12. The van der Waals surface area contributed by atoms with Crippen LogP contribution >= 0.6 is 0 Å². The number of aliphatic hydroxyl groups is 2. The normalized spacial score (nSPS) is 40.3. The number of carbonyl (C=O) groups is 5. The maximum atomic E-state index is 14.4. The van der Waals surface area contributed by atoms with Gasteiger partial charge in [-0.15, -0.1) is 0 Å². The number of fused-ring (bicyclic) bond motifs is 3. The Balaban J connectivity index is 1.67. The lowest BCUT2D eigenvalue weighted by atomic mass is 9.78. The fraction of sp³-hybridized carbons (Fsp3) is 0.745. The minimum Gasteiger partial charge on any atom is -0.460 e. The van der Waals surface area contributed by atoms with Crippen LogP contribution in [0.25, 0.3) is 0 Å². The third-order valence-electron chi connectivity index (χ3n) is 14.5. The van der Waals surface area contributed by atoms with Crippen LogP contribution in [0, 0.1) is 29.6 Å². The molecule has 4 rings (SSSR count). The van der Waals surface area contributed by atoms with Gasteiger partial charge < -0.3 is 38.8 Å². The summed E-state index contributed by atoms with van der Waals surface area (Å²) in [4.78, 5) is 72.0. The molecule has 2 bridgehead atoms. The van der Waals surface area contributed by atoms with E-state index >= 15 is 0 Å². The SMILES string of the molecule is CO[C@H]1C[C@@H]2CC[C@@H](C)[C@@](C)(O2)C(=O)C(=O)N2CCCC[C@H]2C(=O)O[C@H](CC[C@@H]2CC[C@@H](O)[C@H](OC)C2)CC(=O)[C@H](C)/C=C(\C)[C@@H](O)[C@@H](OC)C(=O)[C@H](C)C[C@H](C)/C=C/C=C/C=C/1C. The zero-order valence-corrected chi connectivity index (χ0v) is 40.3. The number of carbonyl (C=O) groups excluding carboxylic acids is 5. The minimum absolute atomic E-state index is 0.0454. The fourth-order valence-corrected chi connectivity index (χ4v) is 10.0. The molecule has 0 spiro atoms. The number of aliphatic hydroxyl groups excluding tert-OH is 2. The number of rotatable bonds is 6. The Morgan fingerprint density at radius 1 is 0.812 bits per heavy atom. The number of hydrogen-bond donors (Lipinski definition) is 2. The second-order valence-electron chi connectivity index (χ2n) is 19.4. The van der Waals surface area contributed by atoms with E-state index in [0.29, 0.717) is 76.2 Å². The number of cyclic esters (lactones) is 1. The summed E-state index contributed by atoms with van der Waals surface area (Å²) in [5, 5.41) is 21.8. The predicted molar refractivity (Wildman–Crippen MR) is 244 cm³/mol. The Kier molecular flexibility index (Phi) is 20.8. The first-order valence-corrected chi connectivity index (χ1v) is 23.8. The number of esters is 1. The molecule has 4 aliphatic rings. The molecule has 14 atom stereocenters. The van der Waals surface area contributed by atoms with Crippen LogP contribution in [0.4, 0.5) is 0 Å². The van der Waals surface area contributed by atoms with Crippen molar-refractivity contribution < 1.29 is 57.9 Å². The first-order chi connectivity index (χ1) is 30.3. The Bertz CT molecular complexity index is 1720. The third kappa shape index (κ3) is 14.1. The van der Waals surface area contributed by atoms with Gasteiger partial charge in [-0.05, 0) is 120 Å². The van der Waals surface area contributed by atoms with Crippen molar-refractivity contribution in [2.75, 3.05) is 27.9 Å². The molecule has 3 fully saturated rings. The van der Waals surface area contributed by atoms with E-state index in [9.17, 15) is 34.2 Å². The summed E-state index contributed by atoms with van der Waals surface area (Å²) < 4.78 is 29.8. The molecule has 0 aromatic carbocycles. The van der Waals surface area contributed by atoms with E-state index in [1.807, 2.05) is 58.1 Å². The largest absolute Gasteiger partial charge is 0.460 e. The van der Waals surface area contributed by atoms with Crippen molar-refractivity contribution in [3.8, 4) is 0 Å². The van der Waals surface area contributed by atoms with Gasteiger partial charge in [-0.3, -0.25) is 19.2 Å². The molecule has 360 valence electrons. The van der Waals surface area contributed by atoms with Crippen LogP contribution in [0.5, 0.6) is 0 Å². The molecule has 0 unspecified atom stereocenters. The molecule has 3 aliphatic heterocycles. The Morgan fingerprint density at radius 2 is 1.55 bits per heavy atom. The maximum absolute atomic E-state index is 14.4. The van der Waals surface area contributed by atoms with Crippen LogP contribution in [0.3, 0.4) is 0 Å². The summed E-state index contributed by atoms with van der Waals surface area (Å²) in [5.41, 5.74) is -0.0517. The highest BCUT2D eigenvalue weighted by Gasteiger charge is 2.51. The lowest BCUT2D eigenvalue weighted by Crippen LogP contribution is -2.59. The molecule has 13 nitrogen and oxygen atoms in total.